The molecule has 0 aliphatic heterocycles. The first kappa shape index (κ1) is 48.9. The van der Waals surface area contributed by atoms with Crippen LogP contribution in [-0.2, 0) is 0 Å². The predicted molar refractivity (Wildman–Crippen MR) is 342 cm³/mol. The topological polar surface area (TPSA) is 95.4 Å². The van der Waals surface area contributed by atoms with Crippen molar-refractivity contribution in [1.29, 1.82) is 15.8 Å². The van der Waals surface area contributed by atoms with Crippen molar-refractivity contribution in [2.24, 2.45) is 0 Å². The van der Waals surface area contributed by atoms with Crippen LogP contribution in [0, 0.1) is 40.6 Å². The van der Waals surface area contributed by atoms with Gasteiger partial charge in [0.1, 0.15) is 0 Å². The van der Waals surface area contributed by atoms with Gasteiger partial charge < -0.3 is 18.3 Å². The molecule has 0 spiro atoms. The molecule has 0 amide bonds. The van der Waals surface area contributed by atoms with Crippen molar-refractivity contribution in [3.05, 3.63) is 295 Å². The highest BCUT2D eigenvalue weighted by Crippen LogP contribution is 2.40. The van der Waals surface area contributed by atoms with E-state index in [0.717, 1.165) is 99.6 Å². The summed E-state index contributed by atoms with van der Waals surface area (Å²) >= 11 is 0. The van der Waals surface area contributed by atoms with Gasteiger partial charge in [-0.1, -0.05) is 133 Å². The van der Waals surface area contributed by atoms with Crippen molar-refractivity contribution < 1.29 is 0 Å². The summed E-state index contributed by atoms with van der Waals surface area (Å²) < 4.78 is 9.00. The molecule has 0 atom stereocenters. The normalized spacial score (nSPS) is 11.3. The zero-order valence-electron chi connectivity index (χ0n) is 45.0. The van der Waals surface area contributed by atoms with Gasteiger partial charge in [-0.15, -0.1) is 0 Å². The molecule has 8 nitrogen and oxygen atoms in total. The maximum atomic E-state index is 10.1. The van der Waals surface area contributed by atoms with E-state index in [2.05, 4.69) is 223 Å². The molecule has 8 heteroatoms. The van der Waals surface area contributed by atoms with E-state index in [9.17, 15) is 15.8 Å². The molecule has 0 saturated carbocycles. The van der Waals surface area contributed by atoms with E-state index in [1.54, 1.807) is 0 Å². The average molecular weight is 1070 g/mol. The van der Waals surface area contributed by atoms with Gasteiger partial charge in [0.2, 0.25) is 0 Å². The number of hydrogen-bond donors (Lipinski definition) is 0. The van der Waals surface area contributed by atoms with Crippen LogP contribution < -0.4 is 0 Å². The van der Waals surface area contributed by atoms with Crippen LogP contribution in [0.5, 0.6) is 0 Å². The maximum absolute atomic E-state index is 10.1. The van der Waals surface area contributed by atoms with Crippen molar-refractivity contribution in [2.75, 3.05) is 0 Å². The Hall–Kier alpha value is -12.2. The van der Waals surface area contributed by atoms with Gasteiger partial charge in [0, 0.05) is 60.5 Å². The van der Waals surface area contributed by atoms with Gasteiger partial charge in [-0.25, -0.2) is 4.85 Å². The Morgan fingerprint density at radius 3 is 1.20 bits per heavy atom. The fraction of sp³-hybridized carbons (Fsp3) is 0. The Morgan fingerprint density at radius 2 is 0.643 bits per heavy atom. The van der Waals surface area contributed by atoms with Gasteiger partial charge in [0.25, 0.3) is 0 Å². The fourth-order valence-corrected chi connectivity index (χ4v) is 12.6. The van der Waals surface area contributed by atoms with E-state index < -0.39 is 0 Å². The molecule has 0 saturated heterocycles. The first-order valence-corrected chi connectivity index (χ1v) is 27.6. The summed E-state index contributed by atoms with van der Waals surface area (Å²) in [5.41, 5.74) is 19.4. The average Bonchev–Trinajstić information content (AvgIpc) is 3.26. The van der Waals surface area contributed by atoms with Gasteiger partial charge in [-0.05, 0) is 161 Å². The minimum atomic E-state index is 0.591. The molecule has 16 aromatic rings. The summed E-state index contributed by atoms with van der Waals surface area (Å²) in [6.07, 6.45) is 0. The zero-order chi connectivity index (χ0) is 56.4. The van der Waals surface area contributed by atoms with Crippen LogP contribution in [0.1, 0.15) is 16.7 Å². The second kappa shape index (κ2) is 19.9. The Labute approximate surface area is 482 Å². The SMILES string of the molecule is N#Cc1cccc(-n2c3ccc(C#N)cc3c3cc(-c4ccc(-n5c6ccccc6c6ccccc65)cc4)ccc32)c1.[C-]#[N+]c1ccc2c(c1)c1ccccc1n2-c1cc(C#N)cc(-c2cccc(-n3c4ccccc4c4ccccc43)c2)c1. The molecule has 4 aromatic heterocycles. The molecule has 0 N–H and O–H groups in total. The van der Waals surface area contributed by atoms with Crippen molar-refractivity contribution in [2.45, 2.75) is 0 Å². The number of nitriles is 3. The van der Waals surface area contributed by atoms with Crippen molar-refractivity contribution in [3.8, 4) is 63.2 Å². The van der Waals surface area contributed by atoms with E-state index >= 15 is 0 Å². The van der Waals surface area contributed by atoms with Crippen molar-refractivity contribution >= 4 is 92.9 Å². The molecular weight excluding hydrogens is 1020 g/mol. The van der Waals surface area contributed by atoms with E-state index in [-0.39, 0.29) is 0 Å². The Balaban J connectivity index is 0.000000143. The number of nitrogens with zero attached hydrogens (tertiary/aromatic N) is 8. The smallest absolute Gasteiger partial charge is 0.188 e. The van der Waals surface area contributed by atoms with Crippen LogP contribution in [0.2, 0.25) is 0 Å². The largest absolute Gasteiger partial charge is 0.309 e. The van der Waals surface area contributed by atoms with Crippen LogP contribution >= 0.6 is 0 Å². The summed E-state index contributed by atoms with van der Waals surface area (Å²) in [4.78, 5) is 3.65. The lowest BCUT2D eigenvalue weighted by Crippen LogP contribution is -1.97. The van der Waals surface area contributed by atoms with E-state index in [1.807, 2.05) is 84.9 Å². The number of para-hydroxylation sites is 5. The lowest BCUT2D eigenvalue weighted by atomic mass is 10.0. The van der Waals surface area contributed by atoms with E-state index in [4.69, 9.17) is 6.57 Å². The minimum absolute atomic E-state index is 0.591. The quantitative estimate of drug-likeness (QED) is 0.155. The highest BCUT2D eigenvalue weighted by molar-refractivity contribution is 6.13. The highest BCUT2D eigenvalue weighted by atomic mass is 15.0. The molecule has 16 rings (SSSR count). The van der Waals surface area contributed by atoms with Crippen LogP contribution in [0.3, 0.4) is 0 Å². The second-order valence-corrected chi connectivity index (χ2v) is 21.0. The number of benzene rings is 12. The summed E-state index contributed by atoms with van der Waals surface area (Å²) in [6, 6.07) is 98.3. The highest BCUT2D eigenvalue weighted by Gasteiger charge is 2.19. The number of aromatic nitrogens is 4. The zero-order valence-corrected chi connectivity index (χ0v) is 45.0. The molecule has 4 heterocycles. The summed E-state index contributed by atoms with van der Waals surface area (Å²) in [5.74, 6) is 0. The van der Waals surface area contributed by atoms with Crippen molar-refractivity contribution in [3.63, 3.8) is 0 Å². The molecule has 0 aliphatic rings. The Bertz CT molecular complexity index is 5460. The van der Waals surface area contributed by atoms with Gasteiger partial charge >= 0.3 is 0 Å². The van der Waals surface area contributed by atoms with Crippen LogP contribution in [0.25, 0.3) is 137 Å². The van der Waals surface area contributed by atoms with Gasteiger partial charge in [-0.3, -0.25) is 0 Å². The number of fused-ring (bicyclic) bond motifs is 12. The third-order valence-corrected chi connectivity index (χ3v) is 16.3. The minimum Gasteiger partial charge on any atom is -0.309 e. The van der Waals surface area contributed by atoms with Crippen LogP contribution in [0.4, 0.5) is 5.69 Å². The molecular formula is C76H44N8. The van der Waals surface area contributed by atoms with E-state index in [1.165, 1.54) is 32.6 Å². The lowest BCUT2D eigenvalue weighted by Gasteiger charge is -2.13. The van der Waals surface area contributed by atoms with Gasteiger partial charge in [0.05, 0.1) is 85.6 Å². The number of rotatable bonds is 6. The first-order valence-electron chi connectivity index (χ1n) is 27.6. The molecule has 12 aromatic carbocycles. The van der Waals surface area contributed by atoms with Gasteiger partial charge in [-0.2, -0.15) is 15.8 Å². The molecule has 388 valence electrons. The molecule has 0 bridgehead atoms. The second-order valence-electron chi connectivity index (χ2n) is 21.0. The maximum Gasteiger partial charge on any atom is 0.188 e. The Kier molecular flexibility index (Phi) is 11.6. The lowest BCUT2D eigenvalue weighted by molar-refractivity contribution is 1.17. The van der Waals surface area contributed by atoms with Crippen LogP contribution in [-0.4, -0.2) is 18.3 Å². The standard InChI is InChI=1S/2C38H22N4/c1-40-28-17-18-38-34(23-28)33-13-4-7-16-37(33)42(38)30-20-25(24-39)19-27(22-30)26-9-8-10-29(21-26)41-35-14-5-2-11-31(35)32-12-3-6-15-36(32)41;39-23-25-6-5-7-30(20-25)42-37-18-12-26(24-40)21-33(37)34-22-28(15-19-38(34)42)27-13-16-29(17-14-27)41-35-10-3-1-8-31(35)32-9-2-4-11-36(32)41/h2-23H;1-22H. The van der Waals surface area contributed by atoms with E-state index in [0.29, 0.717) is 22.4 Å². The third kappa shape index (κ3) is 7.95. The number of hydrogen-bond acceptors (Lipinski definition) is 3. The summed E-state index contributed by atoms with van der Waals surface area (Å²) in [6.45, 7) is 7.51. The molecule has 84 heavy (non-hydrogen) atoms. The molecule has 0 fully saturated rings. The molecule has 0 aliphatic carbocycles. The fourth-order valence-electron chi connectivity index (χ4n) is 12.6. The Morgan fingerprint density at radius 1 is 0.250 bits per heavy atom. The van der Waals surface area contributed by atoms with Crippen LogP contribution in [0.15, 0.2) is 267 Å². The van der Waals surface area contributed by atoms with Gasteiger partial charge in [0.15, 0.2) is 5.69 Å². The third-order valence-electron chi connectivity index (χ3n) is 16.3. The molecule has 0 radical (unpaired) electrons. The predicted octanol–water partition coefficient (Wildman–Crippen LogP) is 19.3. The summed E-state index contributed by atoms with van der Waals surface area (Å²) in [7, 11) is 0. The van der Waals surface area contributed by atoms with Crippen molar-refractivity contribution in [1.82, 2.24) is 18.3 Å². The summed E-state index contributed by atoms with van der Waals surface area (Å²) in [5, 5.41) is 38.3. The first-order chi connectivity index (χ1) is 41.5. The molecule has 0 unspecified atom stereocenters. The monoisotopic (exact) mass is 1070 g/mol.